The van der Waals surface area contributed by atoms with Crippen LogP contribution in [0.5, 0.6) is 0 Å². The number of carbonyl (C=O) groups excluding carboxylic acids is 1. The Morgan fingerprint density at radius 2 is 1.70 bits per heavy atom. The molecule has 2 rings (SSSR count). The molecule has 20 heavy (non-hydrogen) atoms. The summed E-state index contributed by atoms with van der Waals surface area (Å²) in [7, 11) is 0. The van der Waals surface area contributed by atoms with Crippen LogP contribution in [0.2, 0.25) is 0 Å². The Morgan fingerprint density at radius 1 is 1.15 bits per heavy atom. The highest BCUT2D eigenvalue weighted by molar-refractivity contribution is 5.68. The van der Waals surface area contributed by atoms with E-state index in [0.717, 1.165) is 32.5 Å². The minimum atomic E-state index is -0.405. The van der Waals surface area contributed by atoms with E-state index in [1.165, 1.54) is 0 Å². The van der Waals surface area contributed by atoms with Crippen LogP contribution in [0.1, 0.15) is 54.4 Å². The molecule has 0 bridgehead atoms. The standard InChI is InChI=1S/C16H30N2O2/c1-14(2,3)12-16(11-17-12)7-9-18(10-8-16)13(19)20-15(4,5)6/h12,17H,7-11H2,1-6H3. The van der Waals surface area contributed by atoms with E-state index in [4.69, 9.17) is 4.74 Å². The second kappa shape index (κ2) is 4.90. The molecule has 4 heteroatoms. The first kappa shape index (κ1) is 15.6. The average Bonchev–Trinajstić information content (AvgIpc) is 2.23. The molecule has 116 valence electrons. The van der Waals surface area contributed by atoms with Crippen LogP contribution in [0.25, 0.3) is 0 Å². The van der Waals surface area contributed by atoms with Crippen LogP contribution >= 0.6 is 0 Å². The minimum absolute atomic E-state index is 0.160. The first-order chi connectivity index (χ1) is 9.04. The molecular formula is C16H30N2O2. The third-order valence-electron chi connectivity index (χ3n) is 4.55. The fourth-order valence-corrected chi connectivity index (χ4v) is 3.64. The van der Waals surface area contributed by atoms with Gasteiger partial charge in [-0.15, -0.1) is 0 Å². The lowest BCUT2D eigenvalue weighted by molar-refractivity contribution is -0.0486. The zero-order valence-corrected chi connectivity index (χ0v) is 13.9. The molecule has 2 saturated heterocycles. The summed E-state index contributed by atoms with van der Waals surface area (Å²) >= 11 is 0. The van der Waals surface area contributed by atoms with Crippen molar-refractivity contribution in [2.24, 2.45) is 10.8 Å². The van der Waals surface area contributed by atoms with Gasteiger partial charge in [0.25, 0.3) is 0 Å². The van der Waals surface area contributed by atoms with E-state index < -0.39 is 5.60 Å². The molecule has 2 aliphatic rings. The zero-order valence-electron chi connectivity index (χ0n) is 13.9. The van der Waals surface area contributed by atoms with Crippen LogP contribution in [0.4, 0.5) is 4.79 Å². The lowest BCUT2D eigenvalue weighted by atomic mass is 9.59. The Morgan fingerprint density at radius 3 is 2.05 bits per heavy atom. The predicted octanol–water partition coefficient (Wildman–Crippen LogP) is 3.02. The first-order valence-corrected chi connectivity index (χ1v) is 7.75. The van der Waals surface area contributed by atoms with E-state index >= 15 is 0 Å². The van der Waals surface area contributed by atoms with Crippen LogP contribution < -0.4 is 5.32 Å². The largest absolute Gasteiger partial charge is 0.444 e. The molecule has 2 fully saturated rings. The maximum absolute atomic E-state index is 12.1. The number of hydrogen-bond acceptors (Lipinski definition) is 3. The van der Waals surface area contributed by atoms with Gasteiger partial charge in [-0.1, -0.05) is 20.8 Å². The summed E-state index contributed by atoms with van der Waals surface area (Å²) in [5.41, 5.74) is 0.265. The van der Waals surface area contributed by atoms with Gasteiger partial charge in [-0.3, -0.25) is 0 Å². The molecule has 2 aliphatic heterocycles. The summed E-state index contributed by atoms with van der Waals surface area (Å²) in [6.07, 6.45) is 2.01. The number of likely N-dealkylation sites (tertiary alicyclic amines) is 1. The number of carbonyl (C=O) groups is 1. The van der Waals surface area contributed by atoms with Crippen LogP contribution in [-0.4, -0.2) is 42.3 Å². The summed E-state index contributed by atoms with van der Waals surface area (Å²) in [5, 5.41) is 3.59. The fraction of sp³-hybridized carbons (Fsp3) is 0.938. The van der Waals surface area contributed by atoms with Gasteiger partial charge >= 0.3 is 6.09 Å². The molecule has 1 unspecified atom stereocenters. The lowest BCUT2D eigenvalue weighted by Crippen LogP contribution is -2.70. The highest BCUT2D eigenvalue weighted by Crippen LogP contribution is 2.47. The number of amides is 1. The molecule has 1 N–H and O–H groups in total. The second-order valence-corrected chi connectivity index (χ2v) is 8.51. The highest BCUT2D eigenvalue weighted by atomic mass is 16.6. The molecule has 1 amide bonds. The fourth-order valence-electron chi connectivity index (χ4n) is 3.64. The van der Waals surface area contributed by atoms with Gasteiger partial charge in [0.1, 0.15) is 5.60 Å². The number of piperidine rings is 1. The van der Waals surface area contributed by atoms with Crippen molar-refractivity contribution >= 4 is 6.09 Å². The van der Waals surface area contributed by atoms with Crippen LogP contribution in [0, 0.1) is 10.8 Å². The molecule has 0 aliphatic carbocycles. The van der Waals surface area contributed by atoms with Crippen LogP contribution in [0.15, 0.2) is 0 Å². The Hall–Kier alpha value is -0.770. The summed E-state index contributed by atoms with van der Waals surface area (Å²) in [5.74, 6) is 0. The molecule has 4 nitrogen and oxygen atoms in total. The van der Waals surface area contributed by atoms with Gasteiger partial charge in [-0.05, 0) is 39.0 Å². The minimum Gasteiger partial charge on any atom is -0.444 e. The van der Waals surface area contributed by atoms with Crippen LogP contribution in [0.3, 0.4) is 0 Å². The van der Waals surface area contributed by atoms with E-state index in [2.05, 4.69) is 26.1 Å². The van der Waals surface area contributed by atoms with Gasteiger partial charge in [0, 0.05) is 31.1 Å². The zero-order chi connectivity index (χ0) is 15.2. The van der Waals surface area contributed by atoms with E-state index in [1.54, 1.807) is 0 Å². The van der Waals surface area contributed by atoms with Gasteiger partial charge in [0.05, 0.1) is 0 Å². The van der Waals surface area contributed by atoms with Crippen molar-refractivity contribution in [3.8, 4) is 0 Å². The third kappa shape index (κ3) is 3.11. The van der Waals surface area contributed by atoms with Crippen molar-refractivity contribution in [3.05, 3.63) is 0 Å². The Bertz CT molecular complexity index is 371. The summed E-state index contributed by atoms with van der Waals surface area (Å²) in [6, 6.07) is 0.566. The molecule has 0 aromatic heterocycles. The average molecular weight is 282 g/mol. The van der Waals surface area contributed by atoms with Gasteiger partial charge in [-0.25, -0.2) is 4.79 Å². The molecule has 1 spiro atoms. The monoisotopic (exact) mass is 282 g/mol. The van der Waals surface area contributed by atoms with Crippen LogP contribution in [-0.2, 0) is 4.74 Å². The van der Waals surface area contributed by atoms with Crippen molar-refractivity contribution < 1.29 is 9.53 Å². The smallest absolute Gasteiger partial charge is 0.410 e. The van der Waals surface area contributed by atoms with Crippen molar-refractivity contribution in [3.63, 3.8) is 0 Å². The topological polar surface area (TPSA) is 41.6 Å². The van der Waals surface area contributed by atoms with E-state index in [-0.39, 0.29) is 11.5 Å². The Labute approximate surface area is 123 Å². The molecule has 1 atom stereocenters. The molecule has 0 radical (unpaired) electrons. The molecule has 2 heterocycles. The van der Waals surface area contributed by atoms with Gasteiger partial charge < -0.3 is 15.0 Å². The summed E-state index contributed by atoms with van der Waals surface area (Å²) in [4.78, 5) is 14.0. The number of rotatable bonds is 0. The normalized spacial score (nSPS) is 26.3. The van der Waals surface area contributed by atoms with E-state index in [9.17, 15) is 4.79 Å². The van der Waals surface area contributed by atoms with Gasteiger partial charge in [0.15, 0.2) is 0 Å². The number of nitrogens with one attached hydrogen (secondary N) is 1. The second-order valence-electron chi connectivity index (χ2n) is 8.51. The third-order valence-corrected chi connectivity index (χ3v) is 4.55. The van der Waals surface area contributed by atoms with Crippen molar-refractivity contribution in [2.45, 2.75) is 66.0 Å². The number of ether oxygens (including phenoxy) is 1. The van der Waals surface area contributed by atoms with Crippen molar-refractivity contribution in [2.75, 3.05) is 19.6 Å². The first-order valence-electron chi connectivity index (χ1n) is 7.75. The number of hydrogen-bond donors (Lipinski definition) is 1. The van der Waals surface area contributed by atoms with Gasteiger partial charge in [0.2, 0.25) is 0 Å². The van der Waals surface area contributed by atoms with Crippen molar-refractivity contribution in [1.82, 2.24) is 10.2 Å². The Balaban J connectivity index is 1.92. The predicted molar refractivity (Wildman–Crippen MR) is 80.7 cm³/mol. The van der Waals surface area contributed by atoms with Crippen molar-refractivity contribution in [1.29, 1.82) is 0 Å². The quantitative estimate of drug-likeness (QED) is 0.742. The maximum Gasteiger partial charge on any atom is 0.410 e. The molecule has 0 saturated carbocycles. The molecule has 0 aromatic carbocycles. The maximum atomic E-state index is 12.1. The summed E-state index contributed by atoms with van der Waals surface area (Å²) < 4.78 is 5.46. The number of nitrogens with zero attached hydrogens (tertiary/aromatic N) is 1. The molecule has 0 aromatic rings. The Kier molecular flexibility index (Phi) is 3.83. The highest BCUT2D eigenvalue weighted by Gasteiger charge is 2.52. The SMILES string of the molecule is CC(C)(C)OC(=O)N1CCC2(CC1)CNC2C(C)(C)C. The van der Waals surface area contributed by atoms with Gasteiger partial charge in [-0.2, -0.15) is 0 Å². The van der Waals surface area contributed by atoms with E-state index in [1.807, 2.05) is 25.7 Å². The summed E-state index contributed by atoms with van der Waals surface area (Å²) in [6.45, 7) is 15.4. The van der Waals surface area contributed by atoms with E-state index in [0.29, 0.717) is 11.5 Å². The molecular weight excluding hydrogens is 252 g/mol. The lowest BCUT2D eigenvalue weighted by Gasteiger charge is -2.59.